The molecule has 0 N–H and O–H groups in total. The van der Waals surface area contributed by atoms with Crippen LogP contribution >= 0.6 is 0 Å². The van der Waals surface area contributed by atoms with E-state index in [0.29, 0.717) is 11.5 Å². The molecule has 2 rings (SSSR count). The fourth-order valence-electron chi connectivity index (χ4n) is 1.76. The molecule has 5 nitrogen and oxygen atoms in total. The summed E-state index contributed by atoms with van der Waals surface area (Å²) in [6.45, 7) is 6.92. The maximum atomic E-state index is 12.0. The first-order valence-corrected chi connectivity index (χ1v) is 6.34. The monoisotopic (exact) mass is 258 g/mol. The van der Waals surface area contributed by atoms with E-state index in [0.717, 1.165) is 12.4 Å². The van der Waals surface area contributed by atoms with E-state index >= 15 is 0 Å². The van der Waals surface area contributed by atoms with Crippen molar-refractivity contribution in [2.75, 3.05) is 0 Å². The highest BCUT2D eigenvalue weighted by molar-refractivity contribution is 5.67. The number of nitrogens with zero attached hydrogens (tertiary/aromatic N) is 4. The lowest BCUT2D eigenvalue weighted by atomic mass is 10.2. The highest BCUT2D eigenvalue weighted by Crippen LogP contribution is 2.08. The van der Waals surface area contributed by atoms with Gasteiger partial charge in [-0.3, -0.25) is 0 Å². The van der Waals surface area contributed by atoms with Crippen LogP contribution in [0, 0.1) is 12.8 Å². The van der Waals surface area contributed by atoms with Crippen molar-refractivity contribution >= 4 is 12.0 Å². The van der Waals surface area contributed by atoms with Crippen molar-refractivity contribution in [1.29, 1.82) is 0 Å². The van der Waals surface area contributed by atoms with Gasteiger partial charge in [-0.15, -0.1) is 4.68 Å². The van der Waals surface area contributed by atoms with Crippen molar-refractivity contribution in [2.45, 2.75) is 27.3 Å². The molecule has 1 heterocycles. The number of hydrogen-bond donors (Lipinski definition) is 0. The first-order chi connectivity index (χ1) is 9.08. The molecule has 0 fully saturated rings. The first-order valence-electron chi connectivity index (χ1n) is 6.34. The maximum Gasteiger partial charge on any atom is 0.259 e. The van der Waals surface area contributed by atoms with Crippen LogP contribution in [0.5, 0.6) is 0 Å². The number of benzene rings is 1. The molecule has 19 heavy (non-hydrogen) atoms. The number of tetrazole rings is 1. The van der Waals surface area contributed by atoms with Crippen LogP contribution < -0.4 is 9.79 Å². The van der Waals surface area contributed by atoms with Gasteiger partial charge in [0.25, 0.3) is 5.82 Å². The normalized spacial score (nSPS) is 12.1. The summed E-state index contributed by atoms with van der Waals surface area (Å²) < 4.78 is 3.33. The quantitative estimate of drug-likeness (QED) is 0.603. The van der Waals surface area contributed by atoms with Gasteiger partial charge < -0.3 is 5.11 Å². The number of aromatic nitrogens is 4. The third-order valence-electron chi connectivity index (χ3n) is 2.79. The number of hydrogen-bond acceptors (Lipinski definition) is 3. The molecule has 0 spiro atoms. The first kappa shape index (κ1) is 13.3. The van der Waals surface area contributed by atoms with Crippen molar-refractivity contribution in [3.63, 3.8) is 0 Å². The zero-order valence-electron chi connectivity index (χ0n) is 11.4. The van der Waals surface area contributed by atoms with Crippen molar-refractivity contribution in [2.24, 2.45) is 5.92 Å². The molecular weight excluding hydrogens is 240 g/mol. The molecule has 0 radical (unpaired) electrons. The van der Waals surface area contributed by atoms with Gasteiger partial charge in [-0.1, -0.05) is 54.6 Å². The third kappa shape index (κ3) is 3.19. The minimum Gasteiger partial charge on any atom is -0.870 e. The van der Waals surface area contributed by atoms with Gasteiger partial charge in [-0.2, -0.15) is 0 Å². The highest BCUT2D eigenvalue weighted by atomic mass is 16.3. The minimum atomic E-state index is -0.0784. The SMILES string of the molecule is Cc1n(/C=C(\[O-])c2ccccc2)nn[n+]1CC(C)C. The lowest BCUT2D eigenvalue weighted by molar-refractivity contribution is -0.764. The van der Waals surface area contributed by atoms with Gasteiger partial charge in [-0.05, 0) is 11.5 Å². The van der Waals surface area contributed by atoms with Crippen molar-refractivity contribution in [1.82, 2.24) is 15.1 Å². The molecule has 0 aliphatic rings. The molecular formula is C14H18N4O. The molecule has 0 atom stereocenters. The second-order valence-electron chi connectivity index (χ2n) is 4.91. The Bertz CT molecular complexity index is 572. The molecule has 0 amide bonds. The summed E-state index contributed by atoms with van der Waals surface area (Å²) in [5, 5.41) is 20.1. The predicted octanol–water partition coefficient (Wildman–Crippen LogP) is 0.846. The molecule has 0 aliphatic heterocycles. The van der Waals surface area contributed by atoms with Crippen molar-refractivity contribution in [3.05, 3.63) is 41.7 Å². The molecule has 0 saturated heterocycles. The van der Waals surface area contributed by atoms with Crippen LogP contribution in [-0.4, -0.2) is 15.1 Å². The molecule has 0 aliphatic carbocycles. The van der Waals surface area contributed by atoms with E-state index in [1.54, 1.807) is 16.8 Å². The lowest BCUT2D eigenvalue weighted by Crippen LogP contribution is -2.41. The summed E-state index contributed by atoms with van der Waals surface area (Å²) in [6.07, 6.45) is 1.47. The Hall–Kier alpha value is -2.17. The molecule has 1 aromatic carbocycles. The van der Waals surface area contributed by atoms with Gasteiger partial charge in [-0.25, -0.2) is 0 Å². The molecule has 0 saturated carbocycles. The fraction of sp³-hybridized carbons (Fsp3) is 0.357. The Balaban J connectivity index is 2.26. The largest absolute Gasteiger partial charge is 0.870 e. The van der Waals surface area contributed by atoms with Crippen LogP contribution in [-0.2, 0) is 6.54 Å². The number of rotatable bonds is 4. The average Bonchev–Trinajstić information content (AvgIpc) is 2.72. The van der Waals surface area contributed by atoms with Crippen LogP contribution in [0.15, 0.2) is 30.3 Å². The van der Waals surface area contributed by atoms with E-state index in [-0.39, 0.29) is 5.76 Å². The summed E-state index contributed by atoms with van der Waals surface area (Å²) in [6, 6.07) is 9.14. The molecule has 2 aromatic rings. The van der Waals surface area contributed by atoms with Crippen LogP contribution in [0.25, 0.3) is 12.0 Å². The summed E-state index contributed by atoms with van der Waals surface area (Å²) >= 11 is 0. The van der Waals surface area contributed by atoms with Gasteiger partial charge in [0, 0.05) is 6.92 Å². The van der Waals surface area contributed by atoms with Gasteiger partial charge in [0.1, 0.15) is 11.4 Å². The van der Waals surface area contributed by atoms with Gasteiger partial charge in [0.2, 0.25) is 0 Å². The molecule has 5 heteroatoms. The summed E-state index contributed by atoms with van der Waals surface area (Å²) in [5.41, 5.74) is 0.646. The minimum absolute atomic E-state index is 0.0784. The van der Waals surface area contributed by atoms with E-state index in [2.05, 4.69) is 24.3 Å². The van der Waals surface area contributed by atoms with Gasteiger partial charge >= 0.3 is 0 Å². The van der Waals surface area contributed by atoms with Gasteiger partial charge in [0.05, 0.1) is 6.54 Å². The maximum absolute atomic E-state index is 12.0. The topological polar surface area (TPSA) is 57.6 Å². The van der Waals surface area contributed by atoms with Crippen molar-refractivity contribution in [3.8, 4) is 0 Å². The molecule has 0 unspecified atom stereocenters. The lowest BCUT2D eigenvalue weighted by Gasteiger charge is -2.09. The van der Waals surface area contributed by atoms with Crippen LogP contribution in [0.4, 0.5) is 0 Å². The van der Waals surface area contributed by atoms with E-state index in [9.17, 15) is 5.11 Å². The Kier molecular flexibility index (Phi) is 3.94. The Labute approximate surface area is 112 Å². The molecule has 0 bridgehead atoms. The fourth-order valence-corrected chi connectivity index (χ4v) is 1.76. The zero-order valence-corrected chi connectivity index (χ0v) is 11.4. The van der Waals surface area contributed by atoms with Crippen LogP contribution in [0.3, 0.4) is 0 Å². The van der Waals surface area contributed by atoms with Crippen molar-refractivity contribution < 1.29 is 9.79 Å². The zero-order chi connectivity index (χ0) is 13.8. The van der Waals surface area contributed by atoms with E-state index in [1.165, 1.54) is 10.9 Å². The second kappa shape index (κ2) is 5.65. The Morgan fingerprint density at radius 1 is 1.37 bits per heavy atom. The Morgan fingerprint density at radius 2 is 2.05 bits per heavy atom. The van der Waals surface area contributed by atoms with Crippen LogP contribution in [0.1, 0.15) is 25.2 Å². The highest BCUT2D eigenvalue weighted by Gasteiger charge is 2.14. The van der Waals surface area contributed by atoms with E-state index in [4.69, 9.17) is 0 Å². The summed E-state index contributed by atoms with van der Waals surface area (Å²) in [4.78, 5) is 0. The second-order valence-corrected chi connectivity index (χ2v) is 4.91. The van der Waals surface area contributed by atoms with Crippen LogP contribution in [0.2, 0.25) is 0 Å². The average molecular weight is 258 g/mol. The Morgan fingerprint density at radius 3 is 2.68 bits per heavy atom. The van der Waals surface area contributed by atoms with E-state index in [1.807, 2.05) is 25.1 Å². The van der Waals surface area contributed by atoms with E-state index < -0.39 is 0 Å². The van der Waals surface area contributed by atoms with Gasteiger partial charge in [0.15, 0.2) is 5.21 Å². The third-order valence-corrected chi connectivity index (χ3v) is 2.79. The molecule has 1 aromatic heterocycles. The smallest absolute Gasteiger partial charge is 0.259 e. The standard InChI is InChI=1S/C14H18N4O/c1-11(2)9-17-12(3)18(16-15-17)10-14(19)13-7-5-4-6-8-13/h4-8,10-11H,9H2,1-3H3/b14-10-. The summed E-state index contributed by atoms with van der Waals surface area (Å²) in [7, 11) is 0. The molecule has 100 valence electrons. The predicted molar refractivity (Wildman–Crippen MR) is 70.4 cm³/mol. The summed E-state index contributed by atoms with van der Waals surface area (Å²) in [5.74, 6) is 1.25.